The van der Waals surface area contributed by atoms with Crippen molar-refractivity contribution in [3.63, 3.8) is 0 Å². The quantitative estimate of drug-likeness (QED) is 0.462. The van der Waals surface area contributed by atoms with Gasteiger partial charge in [-0.15, -0.1) is 12.6 Å². The highest BCUT2D eigenvalue weighted by atomic mass is 32.1. The second-order valence-corrected chi connectivity index (χ2v) is 5.40. The molecule has 1 aromatic carbocycles. The van der Waals surface area contributed by atoms with Crippen molar-refractivity contribution in [2.24, 2.45) is 0 Å². The molecule has 7 heteroatoms. The standard InChI is InChI=1S/C14H18O6S/c1-7(16)8-2-4-9(5-3-8)19-13-12(18)11(17)10(6-15)20-14(13)21/h2-5,10-15,17-18,21H,6H2,1H3/t10-,11+,12+,13-,14+/m1/s1. The van der Waals surface area contributed by atoms with Crippen molar-refractivity contribution in [1.82, 2.24) is 0 Å². The van der Waals surface area contributed by atoms with Crippen LogP contribution in [-0.2, 0) is 4.74 Å². The fourth-order valence-corrected chi connectivity index (χ4v) is 2.52. The maximum absolute atomic E-state index is 11.2. The lowest BCUT2D eigenvalue weighted by Crippen LogP contribution is -2.58. The van der Waals surface area contributed by atoms with Crippen LogP contribution < -0.4 is 4.74 Å². The van der Waals surface area contributed by atoms with Crippen LogP contribution >= 0.6 is 12.6 Å². The van der Waals surface area contributed by atoms with E-state index in [4.69, 9.17) is 14.6 Å². The molecule has 1 saturated heterocycles. The van der Waals surface area contributed by atoms with E-state index < -0.39 is 36.5 Å². The van der Waals surface area contributed by atoms with Crippen LogP contribution in [-0.4, -0.2) is 57.6 Å². The summed E-state index contributed by atoms with van der Waals surface area (Å²) < 4.78 is 10.9. The van der Waals surface area contributed by atoms with Crippen LogP contribution in [0.15, 0.2) is 24.3 Å². The molecule has 0 spiro atoms. The molecular formula is C14H18O6S. The lowest BCUT2D eigenvalue weighted by molar-refractivity contribution is -0.198. The van der Waals surface area contributed by atoms with E-state index in [1.165, 1.54) is 6.92 Å². The molecule has 0 aromatic heterocycles. The molecule has 21 heavy (non-hydrogen) atoms. The molecule has 5 atom stereocenters. The molecule has 6 nitrogen and oxygen atoms in total. The summed E-state index contributed by atoms with van der Waals surface area (Å²) in [4.78, 5) is 11.2. The number of carbonyl (C=O) groups excluding carboxylic acids is 1. The van der Waals surface area contributed by atoms with Gasteiger partial charge in [-0.2, -0.15) is 0 Å². The minimum absolute atomic E-state index is 0.0594. The largest absolute Gasteiger partial charge is 0.484 e. The number of rotatable bonds is 4. The third-order valence-corrected chi connectivity index (χ3v) is 3.79. The number of hydrogen-bond donors (Lipinski definition) is 4. The molecule has 0 unspecified atom stereocenters. The minimum Gasteiger partial charge on any atom is -0.484 e. The van der Waals surface area contributed by atoms with Crippen molar-refractivity contribution >= 4 is 18.4 Å². The molecule has 1 aliphatic rings. The molecule has 0 aliphatic carbocycles. The van der Waals surface area contributed by atoms with Crippen molar-refractivity contribution in [3.8, 4) is 5.75 Å². The first kappa shape index (κ1) is 16.3. The summed E-state index contributed by atoms with van der Waals surface area (Å²) >= 11 is 4.17. The number of aliphatic hydroxyl groups is 3. The Morgan fingerprint density at radius 2 is 1.90 bits per heavy atom. The van der Waals surface area contributed by atoms with Gasteiger partial charge in [0.05, 0.1) is 6.61 Å². The van der Waals surface area contributed by atoms with Crippen molar-refractivity contribution < 1.29 is 29.6 Å². The van der Waals surface area contributed by atoms with Crippen LogP contribution in [0.1, 0.15) is 17.3 Å². The van der Waals surface area contributed by atoms with Crippen LogP contribution in [0.5, 0.6) is 5.75 Å². The summed E-state index contributed by atoms with van der Waals surface area (Å²) in [6.45, 7) is 1.04. The van der Waals surface area contributed by atoms with Crippen LogP contribution in [0.3, 0.4) is 0 Å². The van der Waals surface area contributed by atoms with E-state index in [1.54, 1.807) is 24.3 Å². The van der Waals surface area contributed by atoms with Gasteiger partial charge in [0, 0.05) is 5.56 Å². The fourth-order valence-electron chi connectivity index (χ4n) is 2.12. The van der Waals surface area contributed by atoms with Crippen LogP contribution in [0.4, 0.5) is 0 Å². The topological polar surface area (TPSA) is 96.2 Å². The second-order valence-electron chi connectivity index (χ2n) is 4.89. The summed E-state index contributed by atoms with van der Waals surface area (Å²) in [6.07, 6.45) is -4.30. The number of benzene rings is 1. The molecule has 0 bridgehead atoms. The Kier molecular flexibility index (Phi) is 5.23. The number of thiol groups is 1. The monoisotopic (exact) mass is 314 g/mol. The maximum atomic E-state index is 11.2. The molecule has 3 N–H and O–H groups in total. The zero-order valence-electron chi connectivity index (χ0n) is 11.4. The number of aliphatic hydroxyl groups excluding tert-OH is 3. The van der Waals surface area contributed by atoms with Crippen molar-refractivity contribution in [1.29, 1.82) is 0 Å². The first-order chi connectivity index (χ1) is 9.93. The van der Waals surface area contributed by atoms with Gasteiger partial charge >= 0.3 is 0 Å². The normalized spacial score (nSPS) is 32.7. The van der Waals surface area contributed by atoms with Crippen LogP contribution in [0.2, 0.25) is 0 Å². The van der Waals surface area contributed by atoms with Crippen molar-refractivity contribution in [3.05, 3.63) is 29.8 Å². The third-order valence-electron chi connectivity index (χ3n) is 3.38. The number of carbonyl (C=O) groups is 1. The lowest BCUT2D eigenvalue weighted by atomic mass is 10.00. The van der Waals surface area contributed by atoms with E-state index in [0.29, 0.717) is 11.3 Å². The predicted octanol–water partition coefficient (Wildman–Crippen LogP) is 0.00540. The summed E-state index contributed by atoms with van der Waals surface area (Å²) in [6, 6.07) is 6.39. The number of Topliss-reactive ketones (excluding diaryl/α,β-unsaturated/α-hetero) is 1. The van der Waals surface area contributed by atoms with Gasteiger partial charge < -0.3 is 24.8 Å². The smallest absolute Gasteiger partial charge is 0.162 e. The molecule has 0 radical (unpaired) electrons. The summed E-state index contributed by atoms with van der Waals surface area (Å²) in [7, 11) is 0. The molecule has 2 rings (SSSR count). The second kappa shape index (κ2) is 6.76. The Hall–Kier alpha value is -1.12. The Balaban J connectivity index is 2.09. The molecule has 116 valence electrons. The fraction of sp³-hybridized carbons (Fsp3) is 0.500. The average Bonchev–Trinajstić information content (AvgIpc) is 2.47. The van der Waals surface area contributed by atoms with Crippen molar-refractivity contribution in [2.75, 3.05) is 6.61 Å². The van der Waals surface area contributed by atoms with E-state index in [2.05, 4.69) is 12.6 Å². The van der Waals surface area contributed by atoms with Gasteiger partial charge in [-0.3, -0.25) is 4.79 Å². The van der Waals surface area contributed by atoms with Crippen LogP contribution in [0.25, 0.3) is 0 Å². The zero-order valence-corrected chi connectivity index (χ0v) is 12.3. The molecule has 1 heterocycles. The molecule has 1 fully saturated rings. The molecular weight excluding hydrogens is 296 g/mol. The number of hydrogen-bond acceptors (Lipinski definition) is 7. The summed E-state index contributed by atoms with van der Waals surface area (Å²) in [5, 5.41) is 28.9. The Morgan fingerprint density at radius 3 is 2.43 bits per heavy atom. The van der Waals surface area contributed by atoms with E-state index in [0.717, 1.165) is 0 Å². The summed E-state index contributed by atoms with van der Waals surface area (Å²) in [5.41, 5.74) is -0.251. The Bertz CT molecular complexity index is 491. The SMILES string of the molecule is CC(=O)c1ccc(O[C@@H]2[C@@H](O)[C@@H](O)[C@@H](CO)O[C@H]2S)cc1. The molecule has 1 aliphatic heterocycles. The lowest BCUT2D eigenvalue weighted by Gasteiger charge is -2.40. The average molecular weight is 314 g/mol. The van der Waals surface area contributed by atoms with E-state index in [9.17, 15) is 15.0 Å². The minimum atomic E-state index is -1.26. The van der Waals surface area contributed by atoms with Gasteiger partial charge in [0.2, 0.25) is 0 Å². The maximum Gasteiger partial charge on any atom is 0.162 e. The summed E-state index contributed by atoms with van der Waals surface area (Å²) in [5.74, 6) is 0.359. The molecule has 1 aromatic rings. The Morgan fingerprint density at radius 1 is 1.29 bits per heavy atom. The molecule has 0 saturated carbocycles. The van der Waals surface area contributed by atoms with Gasteiger partial charge in [0.25, 0.3) is 0 Å². The van der Waals surface area contributed by atoms with Gasteiger partial charge in [0.1, 0.15) is 29.5 Å². The van der Waals surface area contributed by atoms with Gasteiger partial charge in [-0.25, -0.2) is 0 Å². The third kappa shape index (κ3) is 3.56. The van der Waals surface area contributed by atoms with Crippen molar-refractivity contribution in [2.45, 2.75) is 36.8 Å². The van der Waals surface area contributed by atoms with E-state index in [1.807, 2.05) is 0 Å². The van der Waals surface area contributed by atoms with Crippen LogP contribution in [0, 0.1) is 0 Å². The first-order valence-corrected chi connectivity index (χ1v) is 7.04. The van der Waals surface area contributed by atoms with Gasteiger partial charge in [-0.1, -0.05) is 0 Å². The zero-order chi connectivity index (χ0) is 15.6. The highest BCUT2D eigenvalue weighted by Gasteiger charge is 2.44. The van der Waals surface area contributed by atoms with Gasteiger partial charge in [-0.05, 0) is 31.2 Å². The van der Waals surface area contributed by atoms with Gasteiger partial charge in [0.15, 0.2) is 11.9 Å². The highest BCUT2D eigenvalue weighted by molar-refractivity contribution is 7.80. The van der Waals surface area contributed by atoms with E-state index in [-0.39, 0.29) is 5.78 Å². The number of ether oxygens (including phenoxy) is 2. The van der Waals surface area contributed by atoms with E-state index >= 15 is 0 Å². The predicted molar refractivity (Wildman–Crippen MR) is 77.6 cm³/mol. The molecule has 0 amide bonds. The number of ketones is 1. The first-order valence-electron chi connectivity index (χ1n) is 6.52. The highest BCUT2D eigenvalue weighted by Crippen LogP contribution is 2.27. The Labute approximate surface area is 127 Å².